The molecule has 0 saturated heterocycles. The molecule has 8 nitrogen and oxygen atoms in total. The van der Waals surface area contributed by atoms with Gasteiger partial charge in [0.15, 0.2) is 4.80 Å². The molecule has 1 atom stereocenters. The maximum absolute atomic E-state index is 14.1. The number of hydrogen-bond donors (Lipinski definition) is 0. The van der Waals surface area contributed by atoms with Gasteiger partial charge in [0.05, 0.1) is 29.1 Å². The highest BCUT2D eigenvalue weighted by Crippen LogP contribution is 2.36. The van der Waals surface area contributed by atoms with Crippen LogP contribution in [0.5, 0.6) is 0 Å². The summed E-state index contributed by atoms with van der Waals surface area (Å²) in [6.45, 7) is 4.34. The van der Waals surface area contributed by atoms with Crippen LogP contribution in [0.2, 0.25) is 5.02 Å². The Morgan fingerprint density at radius 3 is 2.57 bits per heavy atom. The molecule has 0 saturated carbocycles. The fourth-order valence-corrected chi connectivity index (χ4v) is 6.11. The van der Waals surface area contributed by atoms with Gasteiger partial charge in [0.2, 0.25) is 0 Å². The zero-order valence-corrected chi connectivity index (χ0v) is 22.1. The van der Waals surface area contributed by atoms with Crippen molar-refractivity contribution in [2.75, 3.05) is 31.8 Å². The summed E-state index contributed by atoms with van der Waals surface area (Å²) >= 11 is 7.71. The van der Waals surface area contributed by atoms with Crippen molar-refractivity contribution in [1.82, 2.24) is 4.57 Å². The summed E-state index contributed by atoms with van der Waals surface area (Å²) in [6, 6.07) is 13.6. The summed E-state index contributed by atoms with van der Waals surface area (Å²) in [7, 11) is 1.51. The number of rotatable bonds is 6. The van der Waals surface area contributed by atoms with Crippen LogP contribution in [0.15, 0.2) is 69.6 Å². The predicted octanol–water partition coefficient (Wildman–Crippen LogP) is 2.81. The van der Waals surface area contributed by atoms with E-state index in [9.17, 15) is 14.4 Å². The van der Waals surface area contributed by atoms with Crippen LogP contribution in [-0.2, 0) is 19.1 Å². The summed E-state index contributed by atoms with van der Waals surface area (Å²) in [5.41, 5.74) is 2.56. The molecule has 5 rings (SSSR count). The molecule has 37 heavy (non-hydrogen) atoms. The number of methoxy groups -OCH3 is 1. The van der Waals surface area contributed by atoms with Crippen molar-refractivity contribution in [2.45, 2.75) is 19.9 Å². The Hall–Kier alpha value is -3.53. The van der Waals surface area contributed by atoms with Gasteiger partial charge in [-0.25, -0.2) is 9.79 Å². The van der Waals surface area contributed by atoms with E-state index in [2.05, 4.69) is 4.99 Å². The van der Waals surface area contributed by atoms with Crippen molar-refractivity contribution in [3.63, 3.8) is 0 Å². The Morgan fingerprint density at radius 2 is 1.84 bits per heavy atom. The molecule has 2 aromatic carbocycles. The Kier molecular flexibility index (Phi) is 6.85. The van der Waals surface area contributed by atoms with Crippen LogP contribution in [0.25, 0.3) is 5.57 Å². The second kappa shape index (κ2) is 10.1. The Bertz CT molecular complexity index is 1640. The number of benzene rings is 2. The van der Waals surface area contributed by atoms with Crippen molar-refractivity contribution in [2.24, 2.45) is 4.99 Å². The van der Waals surface area contributed by atoms with Crippen LogP contribution in [0.4, 0.5) is 5.69 Å². The summed E-state index contributed by atoms with van der Waals surface area (Å²) < 4.78 is 12.1. The minimum Gasteiger partial charge on any atom is -0.460 e. The number of hydrogen-bond acceptors (Lipinski definition) is 7. The van der Waals surface area contributed by atoms with E-state index < -0.39 is 17.6 Å². The third-order valence-electron chi connectivity index (χ3n) is 6.40. The third kappa shape index (κ3) is 4.13. The monoisotopic (exact) mass is 537 g/mol. The zero-order valence-electron chi connectivity index (χ0n) is 20.5. The molecule has 1 aromatic heterocycles. The second-order valence-electron chi connectivity index (χ2n) is 8.49. The molecule has 2 aliphatic rings. The zero-order chi connectivity index (χ0) is 26.3. The molecule has 0 N–H and O–H groups in total. The van der Waals surface area contributed by atoms with Gasteiger partial charge in [-0.3, -0.25) is 14.2 Å². The summed E-state index contributed by atoms with van der Waals surface area (Å²) in [6.07, 6.45) is 0. The van der Waals surface area contributed by atoms with E-state index in [-0.39, 0.29) is 29.2 Å². The van der Waals surface area contributed by atoms with Crippen LogP contribution >= 0.6 is 22.9 Å². The normalized spacial score (nSPS) is 18.0. The third-order valence-corrected chi connectivity index (χ3v) is 7.80. The number of carbonyl (C=O) groups is 2. The number of carbonyl (C=O) groups excluding carboxylic acids is 2. The largest absolute Gasteiger partial charge is 0.460 e. The standard InChI is InChI=1S/C27H24ClN3O5S/c1-4-30-19-12-8-6-10-17(19)21(24(30)32)23-25(33)31-22(16-9-5-7-11-18(16)28)20(15(2)29-27(31)37-23)26(34)36-14-13-35-3/h5-12,22H,4,13-14H2,1-3H3. The smallest absolute Gasteiger partial charge is 0.338 e. The summed E-state index contributed by atoms with van der Waals surface area (Å²) in [5.74, 6) is -0.848. The van der Waals surface area contributed by atoms with E-state index >= 15 is 0 Å². The molecule has 3 aromatic rings. The van der Waals surface area contributed by atoms with Gasteiger partial charge < -0.3 is 14.4 Å². The van der Waals surface area contributed by atoms with Crippen molar-refractivity contribution >= 4 is 46.1 Å². The number of fused-ring (bicyclic) bond motifs is 2. The molecule has 0 aliphatic carbocycles. The minimum absolute atomic E-state index is 0.0497. The van der Waals surface area contributed by atoms with Gasteiger partial charge in [0.1, 0.15) is 17.2 Å². The first-order valence-electron chi connectivity index (χ1n) is 11.8. The number of esters is 1. The molecule has 0 radical (unpaired) electrons. The lowest BCUT2D eigenvalue weighted by atomic mass is 9.96. The quantitative estimate of drug-likeness (QED) is 0.356. The number of aromatic nitrogens is 1. The molecule has 0 spiro atoms. The lowest BCUT2D eigenvalue weighted by Crippen LogP contribution is -2.41. The van der Waals surface area contributed by atoms with Gasteiger partial charge in [-0.05, 0) is 31.5 Å². The number of para-hydroxylation sites is 1. The number of ether oxygens (including phenoxy) is 2. The highest BCUT2D eigenvalue weighted by Gasteiger charge is 2.37. The van der Waals surface area contributed by atoms with Crippen LogP contribution in [0.3, 0.4) is 0 Å². The number of likely N-dealkylation sites (N-methyl/N-ethyl adjacent to an activating group) is 1. The summed E-state index contributed by atoms with van der Waals surface area (Å²) in [4.78, 5) is 47.4. The molecule has 0 bridgehead atoms. The maximum Gasteiger partial charge on any atom is 0.338 e. The lowest BCUT2D eigenvalue weighted by molar-refractivity contribution is -0.140. The van der Waals surface area contributed by atoms with Gasteiger partial charge in [-0.2, -0.15) is 0 Å². The van der Waals surface area contributed by atoms with Crippen LogP contribution in [0, 0.1) is 0 Å². The van der Waals surface area contributed by atoms with Crippen LogP contribution in [-0.4, -0.2) is 43.3 Å². The topological polar surface area (TPSA) is 90.2 Å². The van der Waals surface area contributed by atoms with E-state index in [4.69, 9.17) is 21.1 Å². The van der Waals surface area contributed by atoms with Crippen molar-refractivity contribution < 1.29 is 19.1 Å². The Balaban J connectivity index is 1.78. The summed E-state index contributed by atoms with van der Waals surface area (Å²) in [5, 5.41) is 0.391. The number of anilines is 1. The van der Waals surface area contributed by atoms with E-state index in [1.54, 1.807) is 36.1 Å². The van der Waals surface area contributed by atoms with Crippen LogP contribution < -0.4 is 19.8 Å². The first-order valence-corrected chi connectivity index (χ1v) is 12.9. The van der Waals surface area contributed by atoms with Crippen molar-refractivity contribution in [3.05, 3.63) is 95.6 Å². The first kappa shape index (κ1) is 25.1. The maximum atomic E-state index is 14.1. The molecule has 1 unspecified atom stereocenters. The highest BCUT2D eigenvalue weighted by molar-refractivity contribution is 7.07. The number of allylic oxidation sites excluding steroid dienone is 1. The highest BCUT2D eigenvalue weighted by atomic mass is 35.5. The fourth-order valence-electron chi connectivity index (χ4n) is 4.73. The van der Waals surface area contributed by atoms with Crippen molar-refractivity contribution in [3.8, 4) is 0 Å². The van der Waals surface area contributed by atoms with E-state index in [1.807, 2.05) is 31.2 Å². The Labute approximate surface area is 221 Å². The molecular weight excluding hydrogens is 514 g/mol. The van der Waals surface area contributed by atoms with E-state index in [0.717, 1.165) is 17.0 Å². The van der Waals surface area contributed by atoms with Gasteiger partial charge in [0.25, 0.3) is 11.5 Å². The Morgan fingerprint density at radius 1 is 1.11 bits per heavy atom. The van der Waals surface area contributed by atoms with Crippen LogP contribution in [0.1, 0.15) is 31.0 Å². The molecule has 2 aliphatic heterocycles. The number of halogens is 1. The van der Waals surface area contributed by atoms with E-state index in [0.29, 0.717) is 38.8 Å². The van der Waals surface area contributed by atoms with Gasteiger partial charge >= 0.3 is 5.97 Å². The molecule has 3 heterocycles. The minimum atomic E-state index is -0.872. The average Bonchev–Trinajstić information content (AvgIpc) is 3.35. The lowest BCUT2D eigenvalue weighted by Gasteiger charge is -2.25. The first-order chi connectivity index (χ1) is 17.9. The molecular formula is C27H24ClN3O5S. The molecule has 1 amide bonds. The second-order valence-corrected chi connectivity index (χ2v) is 9.88. The number of thiazole rings is 1. The SMILES string of the molecule is CCN1C(=O)C(=c2sc3n(c2=O)C(c2ccccc2Cl)C(C(=O)OCCOC)=C(C)N=3)c2ccccc21. The number of nitrogens with zero attached hydrogens (tertiary/aromatic N) is 3. The molecule has 10 heteroatoms. The fraction of sp³-hybridized carbons (Fsp3) is 0.259. The molecule has 0 fully saturated rings. The van der Waals surface area contributed by atoms with Crippen molar-refractivity contribution in [1.29, 1.82) is 0 Å². The van der Waals surface area contributed by atoms with Gasteiger partial charge in [-0.15, -0.1) is 0 Å². The van der Waals surface area contributed by atoms with E-state index in [1.165, 1.54) is 11.7 Å². The average molecular weight is 538 g/mol. The molecule has 190 valence electrons. The van der Waals surface area contributed by atoms with Gasteiger partial charge in [0, 0.05) is 24.2 Å². The predicted molar refractivity (Wildman–Crippen MR) is 141 cm³/mol. The number of amides is 1. The van der Waals surface area contributed by atoms with Gasteiger partial charge in [-0.1, -0.05) is 59.3 Å².